The SMILES string of the molecule is COc1cc(C)c(SC)c(O)c1. The van der Waals surface area contributed by atoms with Crippen LogP contribution in [0, 0.1) is 6.92 Å². The number of rotatable bonds is 2. The molecule has 0 heterocycles. The second kappa shape index (κ2) is 3.72. The topological polar surface area (TPSA) is 29.5 Å². The first-order valence-electron chi connectivity index (χ1n) is 3.60. The molecule has 0 unspecified atom stereocenters. The molecule has 2 nitrogen and oxygen atoms in total. The average Bonchev–Trinajstić information content (AvgIpc) is 2.03. The van der Waals surface area contributed by atoms with Crippen molar-refractivity contribution in [1.29, 1.82) is 0 Å². The summed E-state index contributed by atoms with van der Waals surface area (Å²) in [7, 11) is 1.59. The standard InChI is InChI=1S/C9H12O2S/c1-6-4-7(11-2)5-8(10)9(6)12-3/h4-5,10H,1-3H3. The fraction of sp³-hybridized carbons (Fsp3) is 0.333. The molecule has 0 aliphatic rings. The summed E-state index contributed by atoms with van der Waals surface area (Å²) in [4.78, 5) is 0.913. The highest BCUT2D eigenvalue weighted by Gasteiger charge is 2.05. The molecule has 0 saturated carbocycles. The highest BCUT2D eigenvalue weighted by atomic mass is 32.2. The normalized spacial score (nSPS) is 9.92. The highest BCUT2D eigenvalue weighted by molar-refractivity contribution is 7.98. The van der Waals surface area contributed by atoms with Crippen molar-refractivity contribution in [1.82, 2.24) is 0 Å². The lowest BCUT2D eigenvalue weighted by molar-refractivity contribution is 0.404. The molecule has 66 valence electrons. The molecule has 0 aromatic heterocycles. The van der Waals surface area contributed by atoms with Crippen LogP contribution in [0.15, 0.2) is 17.0 Å². The lowest BCUT2D eigenvalue weighted by atomic mass is 10.2. The number of methoxy groups -OCH3 is 1. The van der Waals surface area contributed by atoms with Crippen molar-refractivity contribution in [2.24, 2.45) is 0 Å². The molecule has 1 N–H and O–H groups in total. The molecule has 1 aromatic carbocycles. The van der Waals surface area contributed by atoms with Gasteiger partial charge in [-0.1, -0.05) is 0 Å². The molecule has 3 heteroatoms. The van der Waals surface area contributed by atoms with E-state index in [1.807, 2.05) is 19.2 Å². The van der Waals surface area contributed by atoms with Gasteiger partial charge in [0.15, 0.2) is 0 Å². The fourth-order valence-corrected chi connectivity index (χ4v) is 1.76. The van der Waals surface area contributed by atoms with Crippen molar-refractivity contribution >= 4 is 11.8 Å². The summed E-state index contributed by atoms with van der Waals surface area (Å²) in [5.41, 5.74) is 1.04. The number of benzene rings is 1. The van der Waals surface area contributed by atoms with Gasteiger partial charge in [-0.05, 0) is 24.8 Å². The van der Waals surface area contributed by atoms with E-state index in [-0.39, 0.29) is 0 Å². The van der Waals surface area contributed by atoms with Crippen molar-refractivity contribution in [3.8, 4) is 11.5 Å². The van der Waals surface area contributed by atoms with Gasteiger partial charge < -0.3 is 9.84 Å². The summed E-state index contributed by atoms with van der Waals surface area (Å²) in [6.07, 6.45) is 1.94. The van der Waals surface area contributed by atoms with Crippen molar-refractivity contribution in [3.63, 3.8) is 0 Å². The summed E-state index contributed by atoms with van der Waals surface area (Å²) in [6, 6.07) is 3.53. The summed E-state index contributed by atoms with van der Waals surface area (Å²) in [5.74, 6) is 0.988. The van der Waals surface area contributed by atoms with Gasteiger partial charge in [0.1, 0.15) is 11.5 Å². The van der Waals surface area contributed by atoms with Crippen molar-refractivity contribution in [2.75, 3.05) is 13.4 Å². The van der Waals surface area contributed by atoms with E-state index < -0.39 is 0 Å². The molecule has 0 aliphatic carbocycles. The van der Waals surface area contributed by atoms with Gasteiger partial charge in [0.05, 0.1) is 12.0 Å². The Hall–Kier alpha value is -0.830. The lowest BCUT2D eigenvalue weighted by Gasteiger charge is -2.07. The van der Waals surface area contributed by atoms with Crippen LogP contribution in [0.3, 0.4) is 0 Å². The molecule has 0 aliphatic heterocycles. The quantitative estimate of drug-likeness (QED) is 0.716. The smallest absolute Gasteiger partial charge is 0.133 e. The Kier molecular flexibility index (Phi) is 2.87. The molecule has 1 rings (SSSR count). The second-order valence-electron chi connectivity index (χ2n) is 2.50. The first-order valence-corrected chi connectivity index (χ1v) is 4.83. The van der Waals surface area contributed by atoms with E-state index >= 15 is 0 Å². The number of phenolic OH excluding ortho intramolecular Hbond substituents is 1. The van der Waals surface area contributed by atoms with Crippen LogP contribution in [0.25, 0.3) is 0 Å². The molecule has 0 fully saturated rings. The number of aromatic hydroxyl groups is 1. The van der Waals surface area contributed by atoms with E-state index in [9.17, 15) is 5.11 Å². The van der Waals surface area contributed by atoms with E-state index in [1.165, 1.54) is 11.8 Å². The Bertz CT molecular complexity index is 261. The maximum atomic E-state index is 9.50. The van der Waals surface area contributed by atoms with Crippen LogP contribution in [0.4, 0.5) is 0 Å². The van der Waals surface area contributed by atoms with Crippen molar-refractivity contribution in [3.05, 3.63) is 17.7 Å². The summed E-state index contributed by atoms with van der Waals surface area (Å²) in [6.45, 7) is 1.95. The molecule has 1 aromatic rings. The lowest BCUT2D eigenvalue weighted by Crippen LogP contribution is -1.86. The van der Waals surface area contributed by atoms with Gasteiger partial charge in [-0.25, -0.2) is 0 Å². The first-order chi connectivity index (χ1) is 5.69. The van der Waals surface area contributed by atoms with Crippen LogP contribution in [0.5, 0.6) is 11.5 Å². The average molecular weight is 184 g/mol. The Morgan fingerprint density at radius 1 is 1.42 bits per heavy atom. The fourth-order valence-electron chi connectivity index (χ4n) is 1.11. The van der Waals surface area contributed by atoms with Gasteiger partial charge in [-0.3, -0.25) is 0 Å². The number of phenols is 1. The zero-order valence-corrected chi connectivity index (χ0v) is 8.23. The van der Waals surface area contributed by atoms with Crippen LogP contribution in [0.1, 0.15) is 5.56 Å². The molecule has 0 radical (unpaired) electrons. The third kappa shape index (κ3) is 1.67. The van der Waals surface area contributed by atoms with E-state index in [0.29, 0.717) is 11.5 Å². The van der Waals surface area contributed by atoms with Crippen LogP contribution < -0.4 is 4.74 Å². The minimum absolute atomic E-state index is 0.291. The minimum atomic E-state index is 0.291. The molecular weight excluding hydrogens is 172 g/mol. The molecule has 0 bridgehead atoms. The van der Waals surface area contributed by atoms with Crippen molar-refractivity contribution in [2.45, 2.75) is 11.8 Å². The number of aryl methyl sites for hydroxylation is 1. The second-order valence-corrected chi connectivity index (χ2v) is 3.31. The Balaban J connectivity index is 3.18. The van der Waals surface area contributed by atoms with Crippen LogP contribution in [-0.4, -0.2) is 18.5 Å². The zero-order valence-electron chi connectivity index (χ0n) is 7.42. The largest absolute Gasteiger partial charge is 0.507 e. The Morgan fingerprint density at radius 2 is 2.08 bits per heavy atom. The van der Waals surface area contributed by atoms with Gasteiger partial charge in [-0.2, -0.15) is 0 Å². The molecular formula is C9H12O2S. The Morgan fingerprint density at radius 3 is 2.50 bits per heavy atom. The first kappa shape index (κ1) is 9.26. The summed E-state index contributed by atoms with van der Waals surface area (Å²) < 4.78 is 5.01. The van der Waals surface area contributed by atoms with E-state index in [2.05, 4.69) is 0 Å². The number of hydrogen-bond donors (Lipinski definition) is 1. The van der Waals surface area contributed by atoms with Gasteiger partial charge in [0, 0.05) is 6.07 Å². The maximum Gasteiger partial charge on any atom is 0.133 e. The number of ether oxygens (including phenoxy) is 1. The van der Waals surface area contributed by atoms with Gasteiger partial charge in [0.25, 0.3) is 0 Å². The molecule has 12 heavy (non-hydrogen) atoms. The maximum absolute atomic E-state index is 9.50. The van der Waals surface area contributed by atoms with Crippen LogP contribution >= 0.6 is 11.8 Å². The van der Waals surface area contributed by atoms with Crippen LogP contribution in [-0.2, 0) is 0 Å². The van der Waals surface area contributed by atoms with E-state index in [1.54, 1.807) is 13.2 Å². The highest BCUT2D eigenvalue weighted by Crippen LogP contribution is 2.33. The zero-order chi connectivity index (χ0) is 9.14. The monoisotopic (exact) mass is 184 g/mol. The minimum Gasteiger partial charge on any atom is -0.507 e. The predicted molar refractivity (Wildman–Crippen MR) is 51.2 cm³/mol. The third-order valence-electron chi connectivity index (χ3n) is 1.67. The van der Waals surface area contributed by atoms with Gasteiger partial charge >= 0.3 is 0 Å². The predicted octanol–water partition coefficient (Wildman–Crippen LogP) is 2.43. The van der Waals surface area contributed by atoms with Crippen molar-refractivity contribution < 1.29 is 9.84 Å². The third-order valence-corrected chi connectivity index (χ3v) is 2.61. The summed E-state index contributed by atoms with van der Waals surface area (Å²) >= 11 is 1.54. The molecule has 0 amide bonds. The Labute approximate surface area is 76.6 Å². The number of thioether (sulfide) groups is 1. The van der Waals surface area contributed by atoms with Gasteiger partial charge in [0.2, 0.25) is 0 Å². The van der Waals surface area contributed by atoms with E-state index in [4.69, 9.17) is 4.74 Å². The van der Waals surface area contributed by atoms with E-state index in [0.717, 1.165) is 10.5 Å². The number of hydrogen-bond acceptors (Lipinski definition) is 3. The molecule has 0 atom stereocenters. The summed E-state index contributed by atoms with van der Waals surface area (Å²) in [5, 5.41) is 9.50. The molecule has 0 spiro atoms. The van der Waals surface area contributed by atoms with Crippen LogP contribution in [0.2, 0.25) is 0 Å². The molecule has 0 saturated heterocycles. The van der Waals surface area contributed by atoms with Gasteiger partial charge in [-0.15, -0.1) is 11.8 Å².